The molecule has 0 fully saturated rings. The molecule has 2 aromatic rings. The first-order valence-electron chi connectivity index (χ1n) is 7.11. The van der Waals surface area contributed by atoms with Crippen molar-refractivity contribution >= 4 is 11.6 Å². The molecule has 0 spiro atoms. The molecule has 2 rings (SSSR count). The second-order valence-electron chi connectivity index (χ2n) is 4.98. The lowest BCUT2D eigenvalue weighted by molar-refractivity contribution is 0.348. The van der Waals surface area contributed by atoms with Gasteiger partial charge in [0, 0.05) is 11.6 Å². The summed E-state index contributed by atoms with van der Waals surface area (Å²) in [7, 11) is 4.72. The van der Waals surface area contributed by atoms with E-state index in [2.05, 4.69) is 6.07 Å². The summed E-state index contributed by atoms with van der Waals surface area (Å²) in [4.78, 5) is 0. The van der Waals surface area contributed by atoms with Crippen LogP contribution in [0.4, 0.5) is 0 Å². The topological polar surface area (TPSA) is 51.5 Å². The average molecular weight is 309 g/mol. The van der Waals surface area contributed by atoms with Crippen LogP contribution in [0.2, 0.25) is 0 Å². The molecular formula is C19H19NO3. The average Bonchev–Trinajstić information content (AvgIpc) is 2.59. The quantitative estimate of drug-likeness (QED) is 0.617. The number of nitriles is 1. The Balaban J connectivity index is 2.55. The molecule has 0 radical (unpaired) electrons. The molecule has 0 amide bonds. The fraction of sp³-hybridized carbons (Fsp3) is 0.211. The van der Waals surface area contributed by atoms with Crippen LogP contribution in [0.25, 0.3) is 11.6 Å². The fourth-order valence-corrected chi connectivity index (χ4v) is 2.23. The van der Waals surface area contributed by atoms with E-state index in [0.29, 0.717) is 22.8 Å². The van der Waals surface area contributed by atoms with Crippen molar-refractivity contribution in [3.05, 3.63) is 53.1 Å². The van der Waals surface area contributed by atoms with Crippen LogP contribution in [0.5, 0.6) is 17.2 Å². The molecule has 4 heteroatoms. The number of ether oxygens (including phenoxy) is 3. The lowest BCUT2D eigenvalue weighted by Gasteiger charge is -2.12. The van der Waals surface area contributed by atoms with Crippen LogP contribution in [-0.2, 0) is 0 Å². The zero-order valence-electron chi connectivity index (χ0n) is 13.7. The third-order valence-electron chi connectivity index (χ3n) is 3.52. The first-order chi connectivity index (χ1) is 11.1. The second-order valence-corrected chi connectivity index (χ2v) is 4.98. The summed E-state index contributed by atoms with van der Waals surface area (Å²) in [6.07, 6.45) is 1.78. The Morgan fingerprint density at radius 2 is 1.48 bits per heavy atom. The van der Waals surface area contributed by atoms with Crippen LogP contribution in [0, 0.1) is 18.3 Å². The van der Waals surface area contributed by atoms with E-state index >= 15 is 0 Å². The first kappa shape index (κ1) is 16.4. The van der Waals surface area contributed by atoms with Gasteiger partial charge < -0.3 is 14.2 Å². The molecular weight excluding hydrogens is 290 g/mol. The van der Waals surface area contributed by atoms with Gasteiger partial charge in [0.2, 0.25) is 0 Å². The minimum Gasteiger partial charge on any atom is -0.496 e. The molecule has 0 bridgehead atoms. The Morgan fingerprint density at radius 3 is 2.00 bits per heavy atom. The third kappa shape index (κ3) is 3.64. The van der Waals surface area contributed by atoms with Gasteiger partial charge in [-0.05, 0) is 24.6 Å². The van der Waals surface area contributed by atoms with Crippen molar-refractivity contribution in [2.75, 3.05) is 21.3 Å². The van der Waals surface area contributed by atoms with E-state index in [9.17, 15) is 5.26 Å². The van der Waals surface area contributed by atoms with Crippen molar-refractivity contribution in [2.45, 2.75) is 6.92 Å². The predicted molar refractivity (Wildman–Crippen MR) is 90.8 cm³/mol. The summed E-state index contributed by atoms with van der Waals surface area (Å²) in [6, 6.07) is 13.6. The molecule has 0 N–H and O–H groups in total. The van der Waals surface area contributed by atoms with Crippen LogP contribution < -0.4 is 14.2 Å². The van der Waals surface area contributed by atoms with Gasteiger partial charge in [-0.15, -0.1) is 0 Å². The first-order valence-corrected chi connectivity index (χ1v) is 7.11. The number of methoxy groups -OCH3 is 3. The molecule has 4 nitrogen and oxygen atoms in total. The Kier molecular flexibility index (Phi) is 5.27. The molecule has 2 aromatic carbocycles. The maximum absolute atomic E-state index is 9.49. The number of allylic oxidation sites excluding steroid dienone is 1. The molecule has 0 aliphatic carbocycles. The van der Waals surface area contributed by atoms with E-state index in [0.717, 1.165) is 16.7 Å². The monoisotopic (exact) mass is 309 g/mol. The van der Waals surface area contributed by atoms with Crippen LogP contribution >= 0.6 is 0 Å². The van der Waals surface area contributed by atoms with Crippen molar-refractivity contribution < 1.29 is 14.2 Å². The highest BCUT2D eigenvalue weighted by molar-refractivity contribution is 5.91. The summed E-state index contributed by atoms with van der Waals surface area (Å²) >= 11 is 0. The van der Waals surface area contributed by atoms with Crippen LogP contribution in [0.3, 0.4) is 0 Å². The van der Waals surface area contributed by atoms with Gasteiger partial charge in [0.15, 0.2) is 11.5 Å². The highest BCUT2D eigenvalue weighted by Crippen LogP contribution is 2.36. The Bertz CT molecular complexity index is 755. The largest absolute Gasteiger partial charge is 0.496 e. The van der Waals surface area contributed by atoms with E-state index in [1.807, 2.05) is 31.2 Å². The van der Waals surface area contributed by atoms with E-state index in [1.54, 1.807) is 39.5 Å². The maximum Gasteiger partial charge on any atom is 0.164 e. The summed E-state index contributed by atoms with van der Waals surface area (Å²) < 4.78 is 16.0. The van der Waals surface area contributed by atoms with Crippen molar-refractivity contribution in [1.82, 2.24) is 0 Å². The van der Waals surface area contributed by atoms with E-state index < -0.39 is 0 Å². The fourth-order valence-electron chi connectivity index (χ4n) is 2.23. The zero-order valence-corrected chi connectivity index (χ0v) is 13.7. The van der Waals surface area contributed by atoms with Crippen molar-refractivity contribution in [3.8, 4) is 23.3 Å². The van der Waals surface area contributed by atoms with Gasteiger partial charge >= 0.3 is 0 Å². The minimum absolute atomic E-state index is 0.551. The van der Waals surface area contributed by atoms with Gasteiger partial charge in [-0.2, -0.15) is 5.26 Å². The molecule has 0 saturated heterocycles. The summed E-state index contributed by atoms with van der Waals surface area (Å²) in [6.45, 7) is 2.01. The minimum atomic E-state index is 0.551. The zero-order chi connectivity index (χ0) is 16.8. The van der Waals surface area contributed by atoms with Gasteiger partial charge in [-0.3, -0.25) is 0 Å². The van der Waals surface area contributed by atoms with Gasteiger partial charge in [0.05, 0.1) is 33.0 Å². The van der Waals surface area contributed by atoms with Gasteiger partial charge in [0.25, 0.3) is 0 Å². The third-order valence-corrected chi connectivity index (χ3v) is 3.52. The molecule has 0 aliphatic heterocycles. The van der Waals surface area contributed by atoms with Crippen molar-refractivity contribution in [1.29, 1.82) is 5.26 Å². The van der Waals surface area contributed by atoms with E-state index in [-0.39, 0.29) is 0 Å². The van der Waals surface area contributed by atoms with Gasteiger partial charge in [-0.25, -0.2) is 0 Å². The van der Waals surface area contributed by atoms with E-state index in [1.165, 1.54) is 0 Å². The number of hydrogen-bond acceptors (Lipinski definition) is 4. The van der Waals surface area contributed by atoms with Crippen molar-refractivity contribution in [3.63, 3.8) is 0 Å². The highest BCUT2D eigenvalue weighted by Gasteiger charge is 2.11. The molecule has 0 atom stereocenters. The second kappa shape index (κ2) is 7.37. The number of benzene rings is 2. The Labute approximate surface area is 136 Å². The van der Waals surface area contributed by atoms with E-state index in [4.69, 9.17) is 14.2 Å². The molecule has 23 heavy (non-hydrogen) atoms. The lowest BCUT2D eigenvalue weighted by atomic mass is 10.0. The molecule has 0 heterocycles. The molecule has 0 aromatic heterocycles. The van der Waals surface area contributed by atoms with Crippen LogP contribution in [0.15, 0.2) is 36.4 Å². The normalized spacial score (nSPS) is 10.8. The van der Waals surface area contributed by atoms with Crippen LogP contribution in [0.1, 0.15) is 16.7 Å². The van der Waals surface area contributed by atoms with Crippen LogP contribution in [-0.4, -0.2) is 21.3 Å². The Morgan fingerprint density at radius 1 is 0.913 bits per heavy atom. The number of nitrogens with zero attached hydrogens (tertiary/aromatic N) is 1. The van der Waals surface area contributed by atoms with Gasteiger partial charge in [0.1, 0.15) is 5.75 Å². The van der Waals surface area contributed by atoms with Crippen molar-refractivity contribution in [2.24, 2.45) is 0 Å². The summed E-state index contributed by atoms with van der Waals surface area (Å²) in [5.41, 5.74) is 3.31. The van der Waals surface area contributed by atoms with Gasteiger partial charge in [-0.1, -0.05) is 29.8 Å². The molecule has 0 aliphatic rings. The highest BCUT2D eigenvalue weighted by atomic mass is 16.5. The number of aryl methyl sites for hydroxylation is 1. The SMILES string of the molecule is COc1cc(OC)c(OC)cc1C=C(C#N)c1ccc(C)cc1. The standard InChI is InChI=1S/C19H19NO3/c1-13-5-7-14(8-6-13)16(12-20)9-15-10-18(22-3)19(23-4)11-17(15)21-2/h5-11H,1-4H3. The molecule has 118 valence electrons. The predicted octanol–water partition coefficient (Wildman–Crippen LogP) is 4.09. The molecule has 0 unspecified atom stereocenters. The molecule has 0 saturated carbocycles. The number of hydrogen-bond donors (Lipinski definition) is 0. The summed E-state index contributed by atoms with van der Waals surface area (Å²) in [5.74, 6) is 1.78. The smallest absolute Gasteiger partial charge is 0.164 e. The number of rotatable bonds is 5. The summed E-state index contributed by atoms with van der Waals surface area (Å²) in [5, 5.41) is 9.49. The lowest BCUT2D eigenvalue weighted by Crippen LogP contribution is -1.95. The maximum atomic E-state index is 9.49. The Hall–Kier alpha value is -2.93.